The van der Waals surface area contributed by atoms with Gasteiger partial charge in [0.2, 0.25) is 0 Å². The number of hydrogen-bond acceptors (Lipinski definition) is 2. The molecule has 1 N–H and O–H groups in total. The van der Waals surface area contributed by atoms with Crippen molar-refractivity contribution in [2.75, 3.05) is 13.1 Å². The fourth-order valence-electron chi connectivity index (χ4n) is 3.14. The van der Waals surface area contributed by atoms with Gasteiger partial charge in [0, 0.05) is 34.2 Å². The molecular weight excluding hydrogens is 319 g/mol. The lowest BCUT2D eigenvalue weighted by Gasteiger charge is -2.28. The van der Waals surface area contributed by atoms with Crippen molar-refractivity contribution in [2.24, 2.45) is 0 Å². The Hall–Kier alpha value is -0.480. The van der Waals surface area contributed by atoms with Gasteiger partial charge < -0.3 is 10.2 Å². The molecule has 2 aliphatic rings. The highest BCUT2D eigenvalue weighted by atomic mass is 35.5. The molecule has 2 bridgehead atoms. The zero-order valence-corrected chi connectivity index (χ0v) is 13.3. The molecule has 0 aromatic heterocycles. The minimum Gasteiger partial charge on any atom is -0.331 e. The van der Waals surface area contributed by atoms with Gasteiger partial charge in [-0.25, -0.2) is 0 Å². The Kier molecular flexibility index (Phi) is 5.19. The van der Waals surface area contributed by atoms with Crippen LogP contribution in [0.1, 0.15) is 29.6 Å². The number of fused-ring (bicyclic) bond motifs is 2. The van der Waals surface area contributed by atoms with Crippen LogP contribution in [-0.4, -0.2) is 36.0 Å². The molecule has 6 heteroatoms. The first-order chi connectivity index (χ1) is 9.15. The number of carbonyl (C=O) groups is 1. The minimum atomic E-state index is 0. The van der Waals surface area contributed by atoms with Gasteiger partial charge in [-0.2, -0.15) is 0 Å². The van der Waals surface area contributed by atoms with Gasteiger partial charge in [-0.1, -0.05) is 23.2 Å². The first kappa shape index (κ1) is 15.9. The van der Waals surface area contributed by atoms with E-state index in [1.807, 2.05) is 4.90 Å². The molecule has 0 aliphatic carbocycles. The summed E-state index contributed by atoms with van der Waals surface area (Å²) >= 11 is 12.0. The number of hydrogen-bond donors (Lipinski definition) is 1. The van der Waals surface area contributed by atoms with Crippen LogP contribution in [0.3, 0.4) is 0 Å². The molecule has 2 unspecified atom stereocenters. The first-order valence-corrected chi connectivity index (χ1v) is 7.40. The molecule has 2 saturated heterocycles. The molecule has 0 saturated carbocycles. The summed E-state index contributed by atoms with van der Waals surface area (Å²) in [6, 6.07) is 5.71. The van der Waals surface area contributed by atoms with Crippen LogP contribution < -0.4 is 5.32 Å². The second kappa shape index (κ2) is 6.52. The number of nitrogens with zero attached hydrogens (tertiary/aromatic N) is 1. The SMILES string of the molecule is Cl.O=C(c1cc(Cl)cc(Cl)c1)N1C2CCNCC1CC2. The van der Waals surface area contributed by atoms with Gasteiger partial charge in [-0.15, -0.1) is 12.4 Å². The van der Waals surface area contributed by atoms with E-state index in [4.69, 9.17) is 23.2 Å². The molecule has 2 fully saturated rings. The summed E-state index contributed by atoms with van der Waals surface area (Å²) in [4.78, 5) is 14.7. The second-order valence-electron chi connectivity index (χ2n) is 5.25. The fraction of sp³-hybridized carbons (Fsp3) is 0.500. The molecular formula is C14H17Cl3N2O. The molecule has 110 valence electrons. The van der Waals surface area contributed by atoms with E-state index in [0.717, 1.165) is 32.4 Å². The van der Waals surface area contributed by atoms with E-state index in [9.17, 15) is 4.79 Å². The summed E-state index contributed by atoms with van der Waals surface area (Å²) in [6.07, 6.45) is 3.21. The standard InChI is InChI=1S/C14H16Cl2N2O.ClH/c15-10-5-9(6-11(16)7-10)14(19)18-12-1-2-13(18)8-17-4-3-12;/h5-7,12-13,17H,1-4,8H2;1H. The van der Waals surface area contributed by atoms with Gasteiger partial charge >= 0.3 is 0 Å². The summed E-state index contributed by atoms with van der Waals surface area (Å²) in [5.41, 5.74) is 0.594. The maximum atomic E-state index is 12.7. The van der Waals surface area contributed by atoms with E-state index in [2.05, 4.69) is 5.32 Å². The molecule has 2 atom stereocenters. The highest BCUT2D eigenvalue weighted by Gasteiger charge is 2.38. The van der Waals surface area contributed by atoms with Crippen molar-refractivity contribution in [3.05, 3.63) is 33.8 Å². The molecule has 0 radical (unpaired) electrons. The maximum absolute atomic E-state index is 12.7. The minimum absolute atomic E-state index is 0. The van der Waals surface area contributed by atoms with Crippen LogP contribution in [-0.2, 0) is 0 Å². The summed E-state index contributed by atoms with van der Waals surface area (Å²) in [5, 5.41) is 4.41. The summed E-state index contributed by atoms with van der Waals surface area (Å²) in [5.74, 6) is 0.0561. The van der Waals surface area contributed by atoms with E-state index in [1.54, 1.807) is 18.2 Å². The van der Waals surface area contributed by atoms with E-state index >= 15 is 0 Å². The second-order valence-corrected chi connectivity index (χ2v) is 6.12. The normalized spacial score (nSPS) is 25.0. The number of amides is 1. The molecule has 2 heterocycles. The number of benzene rings is 1. The van der Waals surface area contributed by atoms with Crippen molar-refractivity contribution < 1.29 is 4.79 Å². The van der Waals surface area contributed by atoms with Crippen LogP contribution in [0.2, 0.25) is 10.0 Å². The van der Waals surface area contributed by atoms with E-state index in [1.165, 1.54) is 0 Å². The molecule has 0 spiro atoms. The smallest absolute Gasteiger partial charge is 0.254 e. The molecule has 1 aromatic carbocycles. The fourth-order valence-corrected chi connectivity index (χ4v) is 3.67. The largest absolute Gasteiger partial charge is 0.331 e. The van der Waals surface area contributed by atoms with Crippen LogP contribution >= 0.6 is 35.6 Å². The predicted molar refractivity (Wildman–Crippen MR) is 84.2 cm³/mol. The highest BCUT2D eigenvalue weighted by molar-refractivity contribution is 6.35. The van der Waals surface area contributed by atoms with E-state index < -0.39 is 0 Å². The van der Waals surface area contributed by atoms with E-state index in [0.29, 0.717) is 27.7 Å². The number of rotatable bonds is 1. The van der Waals surface area contributed by atoms with Crippen LogP contribution in [0.25, 0.3) is 0 Å². The molecule has 1 amide bonds. The molecule has 3 rings (SSSR count). The van der Waals surface area contributed by atoms with Gasteiger partial charge in [0.05, 0.1) is 0 Å². The monoisotopic (exact) mass is 334 g/mol. The Bertz CT molecular complexity index is 475. The Labute approximate surface area is 135 Å². The Morgan fingerprint density at radius 3 is 2.45 bits per heavy atom. The summed E-state index contributed by atoms with van der Waals surface area (Å²) in [7, 11) is 0. The Balaban J connectivity index is 0.00000147. The van der Waals surface area contributed by atoms with Gasteiger partial charge in [-0.05, 0) is 44.0 Å². The lowest BCUT2D eigenvalue weighted by atomic mass is 10.1. The van der Waals surface area contributed by atoms with Crippen LogP contribution in [0.15, 0.2) is 18.2 Å². The Morgan fingerprint density at radius 1 is 1.10 bits per heavy atom. The van der Waals surface area contributed by atoms with Crippen LogP contribution in [0.5, 0.6) is 0 Å². The van der Waals surface area contributed by atoms with Gasteiger partial charge in [0.25, 0.3) is 5.91 Å². The molecule has 20 heavy (non-hydrogen) atoms. The number of halogens is 3. The van der Waals surface area contributed by atoms with Crippen molar-refractivity contribution in [2.45, 2.75) is 31.3 Å². The third kappa shape index (κ3) is 3.06. The third-order valence-corrected chi connectivity index (χ3v) is 4.43. The van der Waals surface area contributed by atoms with E-state index in [-0.39, 0.29) is 18.3 Å². The summed E-state index contributed by atoms with van der Waals surface area (Å²) < 4.78 is 0. The zero-order chi connectivity index (χ0) is 13.4. The lowest BCUT2D eigenvalue weighted by Crippen LogP contribution is -2.42. The van der Waals surface area contributed by atoms with Crippen molar-refractivity contribution >= 4 is 41.5 Å². The van der Waals surface area contributed by atoms with Crippen molar-refractivity contribution in [3.63, 3.8) is 0 Å². The molecule has 2 aliphatic heterocycles. The average molecular weight is 336 g/mol. The average Bonchev–Trinajstić information content (AvgIpc) is 2.60. The maximum Gasteiger partial charge on any atom is 0.254 e. The van der Waals surface area contributed by atoms with Gasteiger partial charge in [-0.3, -0.25) is 4.79 Å². The van der Waals surface area contributed by atoms with Crippen LogP contribution in [0, 0.1) is 0 Å². The Morgan fingerprint density at radius 2 is 1.75 bits per heavy atom. The van der Waals surface area contributed by atoms with Gasteiger partial charge in [0.15, 0.2) is 0 Å². The molecule has 1 aromatic rings. The molecule has 3 nitrogen and oxygen atoms in total. The first-order valence-electron chi connectivity index (χ1n) is 6.64. The number of carbonyl (C=O) groups excluding carboxylic acids is 1. The number of nitrogens with one attached hydrogen (secondary N) is 1. The zero-order valence-electron chi connectivity index (χ0n) is 10.9. The van der Waals surface area contributed by atoms with Crippen molar-refractivity contribution in [1.29, 1.82) is 0 Å². The quantitative estimate of drug-likeness (QED) is 0.853. The predicted octanol–water partition coefficient (Wildman–Crippen LogP) is 3.38. The highest BCUT2D eigenvalue weighted by Crippen LogP contribution is 2.30. The third-order valence-electron chi connectivity index (χ3n) is 4.00. The van der Waals surface area contributed by atoms with Crippen molar-refractivity contribution in [1.82, 2.24) is 10.2 Å². The topological polar surface area (TPSA) is 32.3 Å². The van der Waals surface area contributed by atoms with Crippen LogP contribution in [0.4, 0.5) is 0 Å². The van der Waals surface area contributed by atoms with Gasteiger partial charge in [0.1, 0.15) is 0 Å². The lowest BCUT2D eigenvalue weighted by molar-refractivity contribution is 0.0680. The summed E-state index contributed by atoms with van der Waals surface area (Å²) in [6.45, 7) is 1.87. The van der Waals surface area contributed by atoms with Crippen molar-refractivity contribution in [3.8, 4) is 0 Å².